The van der Waals surface area contributed by atoms with Crippen molar-refractivity contribution in [3.8, 4) is 11.4 Å². The predicted molar refractivity (Wildman–Crippen MR) is 165 cm³/mol. The average molecular weight is 617 g/mol. The molecular formula is C28H27Cl2N5O3S2. The summed E-state index contributed by atoms with van der Waals surface area (Å²) in [5.41, 5.74) is 5.69. The lowest BCUT2D eigenvalue weighted by Gasteiger charge is -2.29. The molecule has 1 fully saturated rings. The summed E-state index contributed by atoms with van der Waals surface area (Å²) in [6.45, 7) is 4.07. The van der Waals surface area contributed by atoms with E-state index in [0.29, 0.717) is 26.6 Å². The number of methoxy groups -OCH3 is 1. The summed E-state index contributed by atoms with van der Waals surface area (Å²) in [6, 6.07) is 18.0. The number of benzene rings is 2. The summed E-state index contributed by atoms with van der Waals surface area (Å²) in [6.07, 6.45) is 2.85. The van der Waals surface area contributed by atoms with Gasteiger partial charge in [-0.15, -0.1) is 0 Å². The first-order valence-electron chi connectivity index (χ1n) is 12.3. The number of pyridine rings is 1. The Morgan fingerprint density at radius 2 is 1.85 bits per heavy atom. The van der Waals surface area contributed by atoms with Crippen LogP contribution in [0.5, 0.6) is 5.75 Å². The molecule has 0 unspecified atom stereocenters. The number of hydrogen-bond donors (Lipinski definition) is 2. The van der Waals surface area contributed by atoms with Crippen LogP contribution in [0.15, 0.2) is 66.9 Å². The molecule has 1 saturated heterocycles. The van der Waals surface area contributed by atoms with Crippen molar-refractivity contribution in [2.75, 3.05) is 23.0 Å². The highest BCUT2D eigenvalue weighted by atomic mass is 35.5. The zero-order valence-electron chi connectivity index (χ0n) is 22.1. The molecule has 12 heteroatoms. The molecule has 0 aliphatic carbocycles. The monoisotopic (exact) mass is 615 g/mol. The highest BCUT2D eigenvalue weighted by Crippen LogP contribution is 2.45. The van der Waals surface area contributed by atoms with Crippen LogP contribution in [0.2, 0.25) is 10.0 Å². The van der Waals surface area contributed by atoms with Crippen LogP contribution >= 0.6 is 35.4 Å². The second-order valence-corrected chi connectivity index (χ2v) is 12.5. The number of halogens is 2. The fourth-order valence-electron chi connectivity index (χ4n) is 5.18. The number of thiocarbonyl (C=S) groups is 1. The standard InChI is InChI=1S/C28H27Cl2N5O3S2/c1-16-13-20(17(2)34(16)24-11-8-18(29)14-21(24)30)27-26(23-7-5-6-12-31-23)32-28(39)35(27)19-9-10-22(25(15-19)38-3)33-40(4,36)37/h5-15,26-27,33H,1-4H3,(H,32,39)/t26-,27-/m0/s1. The molecule has 8 nitrogen and oxygen atoms in total. The zero-order valence-corrected chi connectivity index (χ0v) is 25.3. The van der Waals surface area contributed by atoms with E-state index in [2.05, 4.69) is 25.7 Å². The number of aromatic nitrogens is 2. The number of nitrogens with zero attached hydrogens (tertiary/aromatic N) is 3. The highest BCUT2D eigenvalue weighted by Gasteiger charge is 2.42. The van der Waals surface area contributed by atoms with Gasteiger partial charge < -0.3 is 19.5 Å². The maximum absolute atomic E-state index is 11.9. The Morgan fingerprint density at radius 1 is 1.07 bits per heavy atom. The molecule has 2 N–H and O–H groups in total. The average Bonchev–Trinajstić information content (AvgIpc) is 3.39. The normalized spacial score (nSPS) is 17.1. The largest absolute Gasteiger partial charge is 0.494 e. The van der Waals surface area contributed by atoms with Gasteiger partial charge in [-0.2, -0.15) is 0 Å². The molecule has 2 aromatic heterocycles. The lowest BCUT2D eigenvalue weighted by Crippen LogP contribution is -2.29. The van der Waals surface area contributed by atoms with Crippen molar-refractivity contribution in [1.29, 1.82) is 0 Å². The van der Waals surface area contributed by atoms with Crippen molar-refractivity contribution in [3.05, 3.63) is 99.6 Å². The molecule has 0 amide bonds. The van der Waals surface area contributed by atoms with Gasteiger partial charge in [-0.1, -0.05) is 29.3 Å². The van der Waals surface area contributed by atoms with Crippen LogP contribution in [0.25, 0.3) is 5.69 Å². The summed E-state index contributed by atoms with van der Waals surface area (Å²) in [5.74, 6) is 0.365. The molecule has 0 spiro atoms. The molecule has 5 rings (SSSR count). The van der Waals surface area contributed by atoms with Crippen molar-refractivity contribution in [2.45, 2.75) is 25.9 Å². The first-order valence-corrected chi connectivity index (χ1v) is 15.3. The van der Waals surface area contributed by atoms with Crippen molar-refractivity contribution in [1.82, 2.24) is 14.9 Å². The van der Waals surface area contributed by atoms with E-state index in [1.807, 2.05) is 55.1 Å². The van der Waals surface area contributed by atoms with Gasteiger partial charge in [-0.3, -0.25) is 9.71 Å². The summed E-state index contributed by atoms with van der Waals surface area (Å²) < 4.78 is 33.9. The Kier molecular flexibility index (Phi) is 7.71. The van der Waals surface area contributed by atoms with Crippen LogP contribution in [0.1, 0.15) is 34.7 Å². The van der Waals surface area contributed by atoms with Gasteiger partial charge in [0.15, 0.2) is 5.11 Å². The molecule has 4 aromatic rings. The highest BCUT2D eigenvalue weighted by molar-refractivity contribution is 7.92. The maximum atomic E-state index is 11.9. The van der Waals surface area contributed by atoms with Gasteiger partial charge in [0, 0.05) is 34.4 Å². The first-order chi connectivity index (χ1) is 19.0. The zero-order chi connectivity index (χ0) is 28.8. The van der Waals surface area contributed by atoms with E-state index in [-0.39, 0.29) is 12.1 Å². The maximum Gasteiger partial charge on any atom is 0.229 e. The van der Waals surface area contributed by atoms with Crippen LogP contribution in [0.4, 0.5) is 11.4 Å². The lowest BCUT2D eigenvalue weighted by atomic mass is 9.96. The lowest BCUT2D eigenvalue weighted by molar-refractivity contribution is 0.417. The quantitative estimate of drug-likeness (QED) is 0.234. The van der Waals surface area contributed by atoms with Crippen molar-refractivity contribution in [3.63, 3.8) is 0 Å². The van der Waals surface area contributed by atoms with Crippen molar-refractivity contribution in [2.24, 2.45) is 0 Å². The van der Waals surface area contributed by atoms with Gasteiger partial charge in [0.2, 0.25) is 10.0 Å². The van der Waals surface area contributed by atoms with Gasteiger partial charge in [0.25, 0.3) is 0 Å². The van der Waals surface area contributed by atoms with Gasteiger partial charge in [-0.25, -0.2) is 8.42 Å². The van der Waals surface area contributed by atoms with E-state index in [0.717, 1.165) is 40.3 Å². The van der Waals surface area contributed by atoms with E-state index in [9.17, 15) is 8.42 Å². The third-order valence-electron chi connectivity index (χ3n) is 6.80. The SMILES string of the molecule is COc1cc(N2C(=S)N[C@@H](c3ccccn3)[C@@H]2c2cc(C)n(-c3ccc(Cl)cc3Cl)c2C)ccc1NS(C)(=O)=O. The molecule has 3 heterocycles. The Bertz CT molecular complexity index is 1710. The van der Waals surface area contributed by atoms with E-state index in [1.54, 1.807) is 24.4 Å². The first kappa shape index (κ1) is 28.2. The molecular weight excluding hydrogens is 589 g/mol. The van der Waals surface area contributed by atoms with Crippen LogP contribution < -0.4 is 19.7 Å². The molecule has 0 saturated carbocycles. The Hall–Kier alpha value is -3.31. The minimum atomic E-state index is -3.50. The molecule has 0 radical (unpaired) electrons. The van der Waals surface area contributed by atoms with Gasteiger partial charge in [-0.05, 0) is 80.2 Å². The number of nitrogens with one attached hydrogen (secondary N) is 2. The Labute approximate surface area is 248 Å². The van der Waals surface area contributed by atoms with Gasteiger partial charge >= 0.3 is 0 Å². The van der Waals surface area contributed by atoms with Crippen LogP contribution in [0, 0.1) is 13.8 Å². The molecule has 1 aliphatic rings. The summed E-state index contributed by atoms with van der Waals surface area (Å²) in [7, 11) is -2.01. The van der Waals surface area contributed by atoms with Crippen LogP contribution in [-0.2, 0) is 10.0 Å². The number of rotatable bonds is 7. The second kappa shape index (κ2) is 10.9. The summed E-state index contributed by atoms with van der Waals surface area (Å²) in [4.78, 5) is 6.65. The van der Waals surface area contributed by atoms with Crippen molar-refractivity contribution < 1.29 is 13.2 Å². The van der Waals surface area contributed by atoms with Gasteiger partial charge in [0.1, 0.15) is 5.75 Å². The second-order valence-electron chi connectivity index (χ2n) is 9.51. The van der Waals surface area contributed by atoms with E-state index in [4.69, 9.17) is 40.2 Å². The smallest absolute Gasteiger partial charge is 0.229 e. The molecule has 208 valence electrons. The van der Waals surface area contributed by atoms with Crippen LogP contribution in [0.3, 0.4) is 0 Å². The number of sulfonamides is 1. The minimum absolute atomic E-state index is 0.275. The number of aryl methyl sites for hydroxylation is 1. The fourth-order valence-corrected chi connectivity index (χ4v) is 6.59. The number of ether oxygens (including phenoxy) is 1. The number of hydrogen-bond acceptors (Lipinski definition) is 5. The Balaban J connectivity index is 1.67. The molecule has 1 aliphatic heterocycles. The number of anilines is 2. The van der Waals surface area contributed by atoms with E-state index >= 15 is 0 Å². The predicted octanol–water partition coefficient (Wildman–Crippen LogP) is 6.35. The third-order valence-corrected chi connectivity index (χ3v) is 8.24. The third kappa shape index (κ3) is 5.36. The molecule has 0 bridgehead atoms. The van der Waals surface area contributed by atoms with E-state index < -0.39 is 10.0 Å². The minimum Gasteiger partial charge on any atom is -0.494 e. The van der Waals surface area contributed by atoms with E-state index in [1.165, 1.54) is 7.11 Å². The summed E-state index contributed by atoms with van der Waals surface area (Å²) in [5, 5.41) is 5.06. The molecule has 2 atom stereocenters. The molecule has 2 aromatic carbocycles. The fraction of sp³-hybridized carbons (Fsp3) is 0.214. The van der Waals surface area contributed by atoms with Crippen molar-refractivity contribution >= 4 is 61.9 Å². The Morgan fingerprint density at radius 3 is 2.50 bits per heavy atom. The van der Waals surface area contributed by atoms with Gasteiger partial charge in [0.05, 0.1) is 47.5 Å². The van der Waals surface area contributed by atoms with Crippen LogP contribution in [-0.4, -0.2) is 36.4 Å². The topological polar surface area (TPSA) is 88.5 Å². The summed E-state index contributed by atoms with van der Waals surface area (Å²) >= 11 is 18.7. The molecule has 40 heavy (non-hydrogen) atoms.